The van der Waals surface area contributed by atoms with Crippen LogP contribution in [0.4, 0.5) is 0 Å². The summed E-state index contributed by atoms with van der Waals surface area (Å²) < 4.78 is 11.0. The average Bonchev–Trinajstić information content (AvgIpc) is 2.77. The number of aromatic nitrogens is 1. The van der Waals surface area contributed by atoms with Gasteiger partial charge in [-0.3, -0.25) is 14.8 Å². The molecule has 31 heavy (non-hydrogen) atoms. The van der Waals surface area contributed by atoms with Gasteiger partial charge in [-0.2, -0.15) is 0 Å². The molecule has 0 amide bonds. The molecule has 0 unspecified atom stereocenters. The molecule has 0 spiro atoms. The molecule has 1 aromatic carbocycles. The molecule has 1 aromatic heterocycles. The molecule has 3 rings (SSSR count). The van der Waals surface area contributed by atoms with E-state index in [0.29, 0.717) is 6.61 Å². The molecule has 2 aromatic rings. The molecule has 1 aliphatic heterocycles. The van der Waals surface area contributed by atoms with Crippen molar-refractivity contribution >= 4 is 11.9 Å². The second kappa shape index (κ2) is 12.5. The Morgan fingerprint density at radius 3 is 2.06 bits per heavy atom. The predicted octanol–water partition coefficient (Wildman–Crippen LogP) is 1.96. The third-order valence-electron chi connectivity index (χ3n) is 4.71. The number of hydrogen-bond acceptors (Lipinski definition) is 7. The van der Waals surface area contributed by atoms with E-state index in [-0.39, 0.29) is 0 Å². The number of aliphatic carboxylic acids is 2. The molecule has 168 valence electrons. The van der Waals surface area contributed by atoms with Gasteiger partial charge in [-0.1, -0.05) is 12.1 Å². The predicted molar refractivity (Wildman–Crippen MR) is 114 cm³/mol. The van der Waals surface area contributed by atoms with Crippen LogP contribution in [0.25, 0.3) is 0 Å². The molecule has 9 nitrogen and oxygen atoms in total. The van der Waals surface area contributed by atoms with Crippen molar-refractivity contribution < 1.29 is 29.3 Å². The Bertz CT molecular complexity index is 826. The fourth-order valence-corrected chi connectivity index (χ4v) is 3.20. The minimum atomic E-state index is -1.82. The van der Waals surface area contributed by atoms with E-state index in [0.717, 1.165) is 50.8 Å². The van der Waals surface area contributed by atoms with Crippen molar-refractivity contribution in [3.63, 3.8) is 0 Å². The van der Waals surface area contributed by atoms with Crippen LogP contribution in [-0.4, -0.2) is 76.8 Å². The Kier molecular flexibility index (Phi) is 9.73. The number of carboxylic acids is 2. The fraction of sp³-hybridized carbons (Fsp3) is 0.409. The summed E-state index contributed by atoms with van der Waals surface area (Å²) >= 11 is 0. The zero-order chi connectivity index (χ0) is 22.6. The molecule has 0 bridgehead atoms. The van der Waals surface area contributed by atoms with Crippen molar-refractivity contribution in [3.8, 4) is 11.5 Å². The Labute approximate surface area is 181 Å². The van der Waals surface area contributed by atoms with E-state index < -0.39 is 11.9 Å². The van der Waals surface area contributed by atoms with Crippen LogP contribution in [0, 0.1) is 0 Å². The van der Waals surface area contributed by atoms with Gasteiger partial charge in [0, 0.05) is 51.7 Å². The van der Waals surface area contributed by atoms with Crippen LogP contribution in [0.1, 0.15) is 18.1 Å². The highest BCUT2D eigenvalue weighted by Crippen LogP contribution is 2.28. The van der Waals surface area contributed by atoms with Gasteiger partial charge in [-0.05, 0) is 36.2 Å². The summed E-state index contributed by atoms with van der Waals surface area (Å²) in [6.45, 7) is 8.91. The second-order valence-corrected chi connectivity index (χ2v) is 6.94. The van der Waals surface area contributed by atoms with E-state index >= 15 is 0 Å². The molecule has 1 fully saturated rings. The van der Waals surface area contributed by atoms with Crippen molar-refractivity contribution in [1.29, 1.82) is 0 Å². The number of pyridine rings is 1. The van der Waals surface area contributed by atoms with Crippen LogP contribution >= 0.6 is 0 Å². The van der Waals surface area contributed by atoms with Crippen molar-refractivity contribution in [3.05, 3.63) is 53.9 Å². The number of rotatable bonds is 7. The van der Waals surface area contributed by atoms with Crippen LogP contribution in [0.5, 0.6) is 11.5 Å². The van der Waals surface area contributed by atoms with Crippen LogP contribution in [0.2, 0.25) is 0 Å². The topological polar surface area (TPSA) is 112 Å². The number of methoxy groups -OCH3 is 1. The zero-order valence-electron chi connectivity index (χ0n) is 17.9. The molecule has 0 aliphatic carbocycles. The van der Waals surface area contributed by atoms with Crippen molar-refractivity contribution in [2.75, 3.05) is 39.9 Å². The van der Waals surface area contributed by atoms with Gasteiger partial charge >= 0.3 is 11.9 Å². The van der Waals surface area contributed by atoms with Gasteiger partial charge in [0.15, 0.2) is 11.5 Å². The summed E-state index contributed by atoms with van der Waals surface area (Å²) in [5.74, 6) is -2.02. The molecule has 1 saturated heterocycles. The minimum absolute atomic E-state index is 0.646. The first-order valence-corrected chi connectivity index (χ1v) is 10.0. The van der Waals surface area contributed by atoms with E-state index in [1.165, 1.54) is 11.1 Å². The summed E-state index contributed by atoms with van der Waals surface area (Å²) in [6, 6.07) is 10.4. The van der Waals surface area contributed by atoms with E-state index in [1.54, 1.807) is 7.11 Å². The van der Waals surface area contributed by atoms with Crippen molar-refractivity contribution in [2.45, 2.75) is 20.0 Å². The molecule has 0 radical (unpaired) electrons. The maximum Gasteiger partial charge on any atom is 0.414 e. The lowest BCUT2D eigenvalue weighted by molar-refractivity contribution is -0.159. The molecule has 0 saturated carbocycles. The Morgan fingerprint density at radius 2 is 1.58 bits per heavy atom. The van der Waals surface area contributed by atoms with Crippen LogP contribution in [0.15, 0.2) is 42.7 Å². The number of benzene rings is 1. The molecule has 0 atom stereocenters. The van der Waals surface area contributed by atoms with Gasteiger partial charge < -0.3 is 19.7 Å². The molecule has 1 aliphatic rings. The maximum atomic E-state index is 9.10. The standard InChI is InChI=1S/C20H27N3O2.C2H2O4/c1-3-25-20-13-17(6-7-19(20)24-2)15-22-9-11-23(12-10-22)16-18-5-4-8-21-14-18;3-1(4)2(5)6/h4-8,13-14H,3,9-12,15-16H2,1-2H3;(H,3,4)(H,5,6). The van der Waals surface area contributed by atoms with Gasteiger partial charge in [0.2, 0.25) is 0 Å². The lowest BCUT2D eigenvalue weighted by Gasteiger charge is -2.34. The van der Waals surface area contributed by atoms with E-state index in [2.05, 4.69) is 33.0 Å². The Hall–Kier alpha value is -3.17. The SMILES string of the molecule is CCOc1cc(CN2CCN(Cc3cccnc3)CC2)ccc1OC.O=C(O)C(=O)O. The van der Waals surface area contributed by atoms with E-state index in [4.69, 9.17) is 29.3 Å². The molecule has 2 N–H and O–H groups in total. The van der Waals surface area contributed by atoms with Crippen LogP contribution in [-0.2, 0) is 22.7 Å². The summed E-state index contributed by atoms with van der Waals surface area (Å²) in [4.78, 5) is 27.4. The second-order valence-electron chi connectivity index (χ2n) is 6.94. The number of nitrogens with zero attached hydrogens (tertiary/aromatic N) is 3. The molecule has 2 heterocycles. The third kappa shape index (κ3) is 8.23. The highest BCUT2D eigenvalue weighted by Gasteiger charge is 2.17. The first-order chi connectivity index (χ1) is 14.9. The quantitative estimate of drug-likeness (QED) is 0.635. The van der Waals surface area contributed by atoms with Crippen LogP contribution in [0.3, 0.4) is 0 Å². The smallest absolute Gasteiger partial charge is 0.414 e. The van der Waals surface area contributed by atoms with E-state index in [1.807, 2.05) is 31.5 Å². The lowest BCUT2D eigenvalue weighted by Crippen LogP contribution is -2.45. The third-order valence-corrected chi connectivity index (χ3v) is 4.71. The van der Waals surface area contributed by atoms with Crippen LogP contribution < -0.4 is 9.47 Å². The highest BCUT2D eigenvalue weighted by atomic mass is 16.5. The number of carbonyl (C=O) groups is 2. The summed E-state index contributed by atoms with van der Waals surface area (Å²) in [5, 5.41) is 14.8. The van der Waals surface area contributed by atoms with Gasteiger partial charge in [0.05, 0.1) is 13.7 Å². The average molecular weight is 431 g/mol. The highest BCUT2D eigenvalue weighted by molar-refractivity contribution is 6.27. The normalized spacial score (nSPS) is 14.3. The Balaban J connectivity index is 0.000000501. The Morgan fingerprint density at radius 1 is 0.968 bits per heavy atom. The molecular weight excluding hydrogens is 402 g/mol. The number of ether oxygens (including phenoxy) is 2. The summed E-state index contributed by atoms with van der Waals surface area (Å²) in [7, 11) is 1.68. The zero-order valence-corrected chi connectivity index (χ0v) is 17.9. The number of carboxylic acid groups (broad SMARTS) is 2. The monoisotopic (exact) mass is 431 g/mol. The lowest BCUT2D eigenvalue weighted by atomic mass is 10.1. The van der Waals surface area contributed by atoms with Gasteiger partial charge in [-0.25, -0.2) is 9.59 Å². The molecular formula is C22H29N3O6. The fourth-order valence-electron chi connectivity index (χ4n) is 3.20. The van der Waals surface area contributed by atoms with E-state index in [9.17, 15) is 0 Å². The van der Waals surface area contributed by atoms with Gasteiger partial charge in [0.25, 0.3) is 0 Å². The van der Waals surface area contributed by atoms with Gasteiger partial charge in [-0.15, -0.1) is 0 Å². The summed E-state index contributed by atoms with van der Waals surface area (Å²) in [6.07, 6.45) is 3.78. The first kappa shape index (κ1) is 24.1. The minimum Gasteiger partial charge on any atom is -0.493 e. The first-order valence-electron chi connectivity index (χ1n) is 10.0. The van der Waals surface area contributed by atoms with Crippen molar-refractivity contribution in [2.24, 2.45) is 0 Å². The molecule has 9 heteroatoms. The van der Waals surface area contributed by atoms with Crippen molar-refractivity contribution in [1.82, 2.24) is 14.8 Å². The maximum absolute atomic E-state index is 9.10. The number of piperazine rings is 1. The largest absolute Gasteiger partial charge is 0.493 e. The summed E-state index contributed by atoms with van der Waals surface area (Å²) in [5.41, 5.74) is 2.55. The van der Waals surface area contributed by atoms with Gasteiger partial charge in [0.1, 0.15) is 0 Å². The number of hydrogen-bond donors (Lipinski definition) is 2.